The van der Waals surface area contributed by atoms with Crippen molar-refractivity contribution >= 4 is 76.1 Å². The smallest absolute Gasteiger partial charge is 0.235 e. The van der Waals surface area contributed by atoms with Crippen molar-refractivity contribution < 1.29 is 4.74 Å². The van der Waals surface area contributed by atoms with Crippen molar-refractivity contribution in [1.29, 1.82) is 0 Å². The second-order valence-electron chi connectivity index (χ2n) is 13.4. The lowest BCUT2D eigenvalue weighted by atomic mass is 9.96. The van der Waals surface area contributed by atoms with Gasteiger partial charge in [-0.05, 0) is 70.1 Å². The Kier molecular flexibility index (Phi) is 5.17. The lowest BCUT2D eigenvalue weighted by molar-refractivity contribution is 0.487. The predicted octanol–water partition coefficient (Wildman–Crippen LogP) is 11.9. The Hall–Kier alpha value is -6.98. The van der Waals surface area contributed by atoms with Crippen LogP contribution in [0.5, 0.6) is 11.5 Å². The minimum atomic E-state index is 0.636. The minimum absolute atomic E-state index is 0.636. The predicted molar refractivity (Wildman–Crippen MR) is 209 cm³/mol. The largest absolute Gasteiger partial charge is 0.456 e. The normalized spacial score (nSPS) is 12.5. The van der Waals surface area contributed by atoms with Gasteiger partial charge in [0.15, 0.2) is 0 Å². The Morgan fingerprint density at radius 1 is 0.431 bits per heavy atom. The first-order valence-electron chi connectivity index (χ1n) is 17.3. The molecule has 5 nitrogen and oxygen atoms in total. The molecule has 3 aromatic heterocycles. The van der Waals surface area contributed by atoms with E-state index in [1.54, 1.807) is 0 Å². The summed E-state index contributed by atoms with van der Waals surface area (Å²) in [6, 6.07) is 55.9. The molecule has 0 aliphatic carbocycles. The molecule has 51 heavy (non-hydrogen) atoms. The van der Waals surface area contributed by atoms with Gasteiger partial charge in [0, 0.05) is 27.2 Å². The van der Waals surface area contributed by atoms with Crippen LogP contribution in [0.1, 0.15) is 0 Å². The summed E-state index contributed by atoms with van der Waals surface area (Å²) in [7, 11) is 0. The molecule has 0 N–H and O–H groups in total. The number of para-hydroxylation sites is 2. The molecule has 1 aliphatic heterocycles. The van der Waals surface area contributed by atoms with Crippen LogP contribution in [-0.2, 0) is 0 Å². The molecule has 0 radical (unpaired) electrons. The summed E-state index contributed by atoms with van der Waals surface area (Å²) >= 11 is 0. The van der Waals surface area contributed by atoms with Crippen molar-refractivity contribution in [3.63, 3.8) is 0 Å². The van der Waals surface area contributed by atoms with Gasteiger partial charge in [0.05, 0.1) is 44.2 Å². The Bertz CT molecular complexity index is 3300. The number of rotatable bonds is 2. The fraction of sp³-hybridized carbons (Fsp3) is 0. The van der Waals surface area contributed by atoms with Crippen molar-refractivity contribution in [2.45, 2.75) is 0 Å². The average Bonchev–Trinajstić information content (AvgIpc) is 3.70. The van der Waals surface area contributed by atoms with Gasteiger partial charge in [0.25, 0.3) is 0 Å². The average molecular weight is 651 g/mol. The first kappa shape index (κ1) is 26.9. The van der Waals surface area contributed by atoms with Crippen molar-refractivity contribution in [3.05, 3.63) is 158 Å². The molecule has 5 heteroatoms. The lowest BCUT2D eigenvalue weighted by Gasteiger charge is -2.22. The first-order valence-corrected chi connectivity index (χ1v) is 17.3. The van der Waals surface area contributed by atoms with E-state index in [0.717, 1.165) is 77.6 Å². The molecular formula is C46H26N4O. The van der Waals surface area contributed by atoms with Gasteiger partial charge >= 0.3 is 0 Å². The molecule has 0 amide bonds. The van der Waals surface area contributed by atoms with Crippen LogP contribution in [0.25, 0.3) is 99.0 Å². The quantitative estimate of drug-likeness (QED) is 0.187. The number of hydrogen-bond donors (Lipinski definition) is 0. The van der Waals surface area contributed by atoms with Crippen molar-refractivity contribution in [3.8, 4) is 34.4 Å². The second kappa shape index (κ2) is 9.80. The van der Waals surface area contributed by atoms with Gasteiger partial charge < -0.3 is 9.30 Å². The molecule has 11 aromatic rings. The van der Waals surface area contributed by atoms with Gasteiger partial charge in [-0.25, -0.2) is 9.97 Å². The summed E-state index contributed by atoms with van der Waals surface area (Å²) in [5, 5.41) is 10.3. The molecule has 0 fully saturated rings. The fourth-order valence-corrected chi connectivity index (χ4v) is 8.51. The SMILES string of the molecule is c1ccc2cc(-n3c4ccccc4c4c3ccc3c5ccccc5n(-c5nc6c7c(cccc7n5)Oc5ccc7ccccc7c5-6)c34)ccc2c1. The molecule has 0 spiro atoms. The van der Waals surface area contributed by atoms with Gasteiger partial charge in [-0.1, -0.05) is 109 Å². The Morgan fingerprint density at radius 2 is 1.16 bits per heavy atom. The zero-order chi connectivity index (χ0) is 33.2. The van der Waals surface area contributed by atoms with E-state index in [4.69, 9.17) is 14.7 Å². The van der Waals surface area contributed by atoms with Crippen molar-refractivity contribution in [2.75, 3.05) is 0 Å². The number of benzene rings is 8. The fourth-order valence-electron chi connectivity index (χ4n) is 8.51. The molecule has 4 heterocycles. The van der Waals surface area contributed by atoms with Crippen molar-refractivity contribution in [1.82, 2.24) is 19.1 Å². The van der Waals surface area contributed by atoms with Crippen LogP contribution in [0.15, 0.2) is 158 Å². The van der Waals surface area contributed by atoms with Gasteiger partial charge in [-0.15, -0.1) is 0 Å². The zero-order valence-corrected chi connectivity index (χ0v) is 27.2. The van der Waals surface area contributed by atoms with Crippen LogP contribution in [0, 0.1) is 0 Å². The Labute approximate surface area is 291 Å². The number of fused-ring (bicyclic) bond motifs is 12. The van der Waals surface area contributed by atoms with E-state index in [1.165, 1.54) is 26.9 Å². The summed E-state index contributed by atoms with van der Waals surface area (Å²) in [6.07, 6.45) is 0. The highest BCUT2D eigenvalue weighted by atomic mass is 16.5. The minimum Gasteiger partial charge on any atom is -0.456 e. The van der Waals surface area contributed by atoms with E-state index in [9.17, 15) is 0 Å². The maximum absolute atomic E-state index is 6.52. The molecule has 0 saturated carbocycles. The summed E-state index contributed by atoms with van der Waals surface area (Å²) < 4.78 is 11.2. The van der Waals surface area contributed by atoms with Crippen LogP contribution >= 0.6 is 0 Å². The highest BCUT2D eigenvalue weighted by Gasteiger charge is 2.27. The van der Waals surface area contributed by atoms with E-state index in [1.807, 2.05) is 12.1 Å². The summed E-state index contributed by atoms with van der Waals surface area (Å²) in [5.41, 5.74) is 8.32. The molecule has 12 rings (SSSR count). The maximum atomic E-state index is 6.52. The second-order valence-corrected chi connectivity index (χ2v) is 13.4. The number of nitrogens with zero attached hydrogens (tertiary/aromatic N) is 4. The molecule has 0 unspecified atom stereocenters. The monoisotopic (exact) mass is 650 g/mol. The molecule has 0 saturated heterocycles. The highest BCUT2D eigenvalue weighted by Crippen LogP contribution is 2.49. The van der Waals surface area contributed by atoms with Gasteiger partial charge in [-0.3, -0.25) is 4.57 Å². The van der Waals surface area contributed by atoms with Crippen LogP contribution in [0.4, 0.5) is 0 Å². The third-order valence-electron chi connectivity index (χ3n) is 10.7. The highest BCUT2D eigenvalue weighted by molar-refractivity contribution is 6.26. The zero-order valence-electron chi connectivity index (χ0n) is 27.2. The molecule has 1 aliphatic rings. The molecule has 0 bridgehead atoms. The van der Waals surface area contributed by atoms with E-state index < -0.39 is 0 Å². The molecule has 0 atom stereocenters. The van der Waals surface area contributed by atoms with E-state index in [2.05, 4.69) is 155 Å². The lowest BCUT2D eigenvalue weighted by Crippen LogP contribution is -2.07. The van der Waals surface area contributed by atoms with E-state index >= 15 is 0 Å². The molecule has 8 aromatic carbocycles. The van der Waals surface area contributed by atoms with E-state index in [0.29, 0.717) is 5.95 Å². The third-order valence-corrected chi connectivity index (χ3v) is 10.7. The third kappa shape index (κ3) is 3.59. The maximum Gasteiger partial charge on any atom is 0.235 e. The number of aromatic nitrogens is 4. The standard InChI is InChI=1S/C46H26N4O/c1-2-12-29-26-30(22-20-27(29)10-1)49-37-18-8-6-15-34(37)41-38(49)24-23-33-32-14-5-7-17-36(32)50(45(33)41)46-47-35-16-9-19-39-43(35)44(48-46)42-31-13-4-3-11-28(31)21-25-40(42)51-39/h1-26H. The topological polar surface area (TPSA) is 44.9 Å². The van der Waals surface area contributed by atoms with Crippen LogP contribution in [0.2, 0.25) is 0 Å². The van der Waals surface area contributed by atoms with Crippen LogP contribution in [-0.4, -0.2) is 19.1 Å². The van der Waals surface area contributed by atoms with E-state index in [-0.39, 0.29) is 0 Å². The number of hydrogen-bond acceptors (Lipinski definition) is 3. The first-order chi connectivity index (χ1) is 25.3. The molecular weight excluding hydrogens is 625 g/mol. The van der Waals surface area contributed by atoms with Gasteiger partial charge in [0.2, 0.25) is 5.95 Å². The van der Waals surface area contributed by atoms with Gasteiger partial charge in [-0.2, -0.15) is 0 Å². The summed E-state index contributed by atoms with van der Waals surface area (Å²) in [5.74, 6) is 2.22. The van der Waals surface area contributed by atoms with Crippen molar-refractivity contribution in [2.24, 2.45) is 0 Å². The van der Waals surface area contributed by atoms with Crippen LogP contribution in [0.3, 0.4) is 0 Å². The van der Waals surface area contributed by atoms with Gasteiger partial charge in [0.1, 0.15) is 11.5 Å². The Balaban J connectivity index is 1.24. The van der Waals surface area contributed by atoms with Crippen LogP contribution < -0.4 is 4.74 Å². The Morgan fingerprint density at radius 3 is 2.04 bits per heavy atom. The summed E-state index contributed by atoms with van der Waals surface area (Å²) in [4.78, 5) is 10.8. The molecule has 236 valence electrons. The summed E-state index contributed by atoms with van der Waals surface area (Å²) in [6.45, 7) is 0. The number of ether oxygens (including phenoxy) is 1.